The summed E-state index contributed by atoms with van der Waals surface area (Å²) in [6.45, 7) is 1.59. The van der Waals surface area contributed by atoms with E-state index in [9.17, 15) is 9.59 Å². The molecule has 0 fully saturated rings. The maximum Gasteiger partial charge on any atom is 0.259 e. The molecule has 2 aromatic heterocycles. The van der Waals surface area contributed by atoms with Crippen LogP contribution in [0.3, 0.4) is 0 Å². The Bertz CT molecular complexity index is 1400. The van der Waals surface area contributed by atoms with Gasteiger partial charge in [-0.1, -0.05) is 34.1 Å². The van der Waals surface area contributed by atoms with Crippen molar-refractivity contribution >= 4 is 49.8 Å². The van der Waals surface area contributed by atoms with Crippen molar-refractivity contribution in [1.82, 2.24) is 19.4 Å². The van der Waals surface area contributed by atoms with E-state index in [1.54, 1.807) is 31.8 Å². The number of benzene rings is 2. The minimum atomic E-state index is -0.421. The fourth-order valence-corrected chi connectivity index (χ4v) is 4.68. The number of amides is 2. The van der Waals surface area contributed by atoms with Crippen molar-refractivity contribution in [3.8, 4) is 5.75 Å². The lowest BCUT2D eigenvalue weighted by Gasteiger charge is -2.09. The summed E-state index contributed by atoms with van der Waals surface area (Å²) in [5.41, 5.74) is 3.00. The van der Waals surface area contributed by atoms with Crippen molar-refractivity contribution in [2.24, 2.45) is 0 Å². The first-order chi connectivity index (χ1) is 16.1. The number of rotatable bonds is 7. The monoisotopic (exact) mass is 504 g/mol. The molecule has 0 saturated carbocycles. The molecule has 0 aliphatic carbocycles. The van der Waals surface area contributed by atoms with E-state index in [1.807, 2.05) is 47.3 Å². The molecule has 0 radical (unpaired) electrons. The number of carbonyl (C=O) groups is 2. The summed E-state index contributed by atoms with van der Waals surface area (Å²) in [5, 5.41) is 3.38. The van der Waals surface area contributed by atoms with Crippen molar-refractivity contribution < 1.29 is 14.3 Å². The fourth-order valence-electron chi connectivity index (χ4n) is 4.32. The van der Waals surface area contributed by atoms with E-state index in [0.29, 0.717) is 22.5 Å². The number of aryl methyl sites for hydroxylation is 2. The minimum Gasteiger partial charge on any atom is -0.496 e. The Morgan fingerprint density at radius 2 is 1.82 bits per heavy atom. The third kappa shape index (κ3) is 3.87. The van der Waals surface area contributed by atoms with Crippen LogP contribution < -0.4 is 10.1 Å². The van der Waals surface area contributed by atoms with E-state index >= 15 is 0 Å². The first kappa shape index (κ1) is 21.2. The summed E-state index contributed by atoms with van der Waals surface area (Å²) in [5.74, 6) is -0.283. The molecule has 166 valence electrons. The average Bonchev–Trinajstić information content (AvgIpc) is 3.52. The van der Waals surface area contributed by atoms with Crippen molar-refractivity contribution in [2.75, 3.05) is 7.11 Å². The lowest BCUT2D eigenvalue weighted by molar-refractivity contribution is -0.122. The zero-order chi connectivity index (χ0) is 22.9. The predicted molar refractivity (Wildman–Crippen MR) is 129 cm³/mol. The van der Waals surface area contributed by atoms with Gasteiger partial charge < -0.3 is 13.9 Å². The summed E-state index contributed by atoms with van der Waals surface area (Å²) >= 11 is 3.55. The molecular weight excluding hydrogens is 484 g/mol. The molecule has 5 rings (SSSR count). The largest absolute Gasteiger partial charge is 0.496 e. The minimum absolute atomic E-state index is 0.329. The van der Waals surface area contributed by atoms with Gasteiger partial charge in [0.25, 0.3) is 11.8 Å². The third-order valence-corrected chi connectivity index (χ3v) is 6.29. The number of methoxy groups -OCH3 is 1. The smallest absolute Gasteiger partial charge is 0.259 e. The molecule has 2 amide bonds. The van der Waals surface area contributed by atoms with Gasteiger partial charge in [0.2, 0.25) is 0 Å². The first-order valence-corrected chi connectivity index (χ1v) is 11.3. The second-order valence-electron chi connectivity index (χ2n) is 7.79. The van der Waals surface area contributed by atoms with Gasteiger partial charge in [-0.05, 0) is 30.7 Å². The predicted octanol–water partition coefficient (Wildman–Crippen LogP) is 4.27. The Labute approximate surface area is 198 Å². The maximum absolute atomic E-state index is 13.0. The molecule has 33 heavy (non-hydrogen) atoms. The SMILES string of the molecule is COc1ccccc1C1=C(c2cn(CCCn3ccnc3)c3ccc(Br)cc23)C(=O)NC1=O. The molecule has 7 nitrogen and oxygen atoms in total. The highest BCUT2D eigenvalue weighted by molar-refractivity contribution is 9.10. The molecule has 1 aliphatic heterocycles. The second-order valence-corrected chi connectivity index (χ2v) is 8.70. The molecule has 4 aromatic rings. The van der Waals surface area contributed by atoms with Gasteiger partial charge in [-0.25, -0.2) is 4.98 Å². The highest BCUT2D eigenvalue weighted by atomic mass is 79.9. The van der Waals surface area contributed by atoms with Crippen LogP contribution in [0.4, 0.5) is 0 Å². The summed E-state index contributed by atoms with van der Waals surface area (Å²) in [6.07, 6.45) is 8.36. The van der Waals surface area contributed by atoms with Crippen LogP contribution >= 0.6 is 15.9 Å². The Morgan fingerprint density at radius 3 is 2.58 bits per heavy atom. The number of aromatic nitrogens is 3. The highest BCUT2D eigenvalue weighted by Crippen LogP contribution is 2.39. The molecular formula is C25H21BrN4O3. The third-order valence-electron chi connectivity index (χ3n) is 5.79. The molecule has 2 aromatic carbocycles. The molecule has 0 atom stereocenters. The van der Waals surface area contributed by atoms with Crippen molar-refractivity contribution in [3.63, 3.8) is 0 Å². The zero-order valence-electron chi connectivity index (χ0n) is 17.9. The average molecular weight is 505 g/mol. The van der Waals surface area contributed by atoms with Gasteiger partial charge in [-0.15, -0.1) is 0 Å². The van der Waals surface area contributed by atoms with Crippen LogP contribution in [0.25, 0.3) is 22.0 Å². The highest BCUT2D eigenvalue weighted by Gasteiger charge is 2.35. The Kier molecular flexibility index (Phi) is 5.60. The number of fused-ring (bicyclic) bond motifs is 1. The van der Waals surface area contributed by atoms with E-state index in [1.165, 1.54) is 0 Å². The lowest BCUT2D eigenvalue weighted by atomic mass is 9.95. The Hall–Kier alpha value is -3.65. The van der Waals surface area contributed by atoms with Gasteiger partial charge in [0.15, 0.2) is 0 Å². The van der Waals surface area contributed by atoms with Crippen LogP contribution in [-0.4, -0.2) is 33.0 Å². The summed E-state index contributed by atoms with van der Waals surface area (Å²) < 4.78 is 10.6. The van der Waals surface area contributed by atoms with Crippen LogP contribution in [-0.2, 0) is 22.7 Å². The van der Waals surface area contributed by atoms with Crippen molar-refractivity contribution in [3.05, 3.63) is 83.0 Å². The number of halogens is 1. The molecule has 8 heteroatoms. The normalized spacial score (nSPS) is 13.8. The molecule has 0 spiro atoms. The van der Waals surface area contributed by atoms with E-state index in [4.69, 9.17) is 4.74 Å². The molecule has 1 N–H and O–H groups in total. The van der Waals surface area contributed by atoms with E-state index in [2.05, 4.69) is 30.8 Å². The number of nitrogens with zero attached hydrogens (tertiary/aromatic N) is 3. The van der Waals surface area contributed by atoms with Crippen LogP contribution in [0.5, 0.6) is 5.75 Å². The molecule has 0 bridgehead atoms. The number of hydrogen-bond acceptors (Lipinski definition) is 4. The van der Waals surface area contributed by atoms with Crippen molar-refractivity contribution in [2.45, 2.75) is 19.5 Å². The van der Waals surface area contributed by atoms with Crippen molar-refractivity contribution in [1.29, 1.82) is 0 Å². The molecule has 0 unspecified atom stereocenters. The lowest BCUT2D eigenvalue weighted by Crippen LogP contribution is -2.22. The van der Waals surface area contributed by atoms with Gasteiger partial charge in [0.05, 0.1) is 24.6 Å². The molecule has 3 heterocycles. The molecule has 0 saturated heterocycles. The first-order valence-electron chi connectivity index (χ1n) is 10.5. The topological polar surface area (TPSA) is 78.2 Å². The van der Waals surface area contributed by atoms with Gasteiger partial charge in [0, 0.05) is 58.2 Å². The number of hydrogen-bond donors (Lipinski definition) is 1. The van der Waals surface area contributed by atoms with Gasteiger partial charge in [-0.3, -0.25) is 14.9 Å². The number of imide groups is 1. The number of ether oxygens (including phenoxy) is 1. The maximum atomic E-state index is 13.0. The zero-order valence-corrected chi connectivity index (χ0v) is 19.5. The summed E-state index contributed by atoms with van der Waals surface area (Å²) in [4.78, 5) is 30.0. The van der Waals surface area contributed by atoms with Gasteiger partial charge in [0.1, 0.15) is 5.75 Å². The standard InChI is InChI=1S/C25H21BrN4O3/c1-33-21-6-3-2-5-17(21)22-23(25(32)28-24(22)31)19-14-30(11-4-10-29-12-9-27-15-29)20-8-7-16(26)13-18(19)20/h2-3,5-9,12-15H,4,10-11H2,1H3,(H,28,31,32). The second kappa shape index (κ2) is 8.71. The van der Waals surface area contributed by atoms with E-state index < -0.39 is 11.8 Å². The summed E-state index contributed by atoms with van der Waals surface area (Å²) in [6, 6.07) is 13.2. The quantitative estimate of drug-likeness (QED) is 0.381. The number of imidazole rings is 1. The fraction of sp³-hybridized carbons (Fsp3) is 0.160. The van der Waals surface area contributed by atoms with Crippen LogP contribution in [0.2, 0.25) is 0 Å². The molecule has 1 aliphatic rings. The summed E-state index contributed by atoms with van der Waals surface area (Å²) in [7, 11) is 1.55. The number of para-hydroxylation sites is 1. The van der Waals surface area contributed by atoms with Crippen LogP contribution in [0.1, 0.15) is 17.5 Å². The van der Waals surface area contributed by atoms with Gasteiger partial charge in [-0.2, -0.15) is 0 Å². The van der Waals surface area contributed by atoms with Crippen LogP contribution in [0.15, 0.2) is 71.9 Å². The Morgan fingerprint density at radius 1 is 1.03 bits per heavy atom. The van der Waals surface area contributed by atoms with Crippen LogP contribution in [0, 0.1) is 0 Å². The Balaban J connectivity index is 1.64. The van der Waals surface area contributed by atoms with Gasteiger partial charge >= 0.3 is 0 Å². The van der Waals surface area contributed by atoms with E-state index in [-0.39, 0.29) is 0 Å². The number of nitrogens with one attached hydrogen (secondary N) is 1. The number of carbonyl (C=O) groups excluding carboxylic acids is 2. The van der Waals surface area contributed by atoms with E-state index in [0.717, 1.165) is 40.4 Å².